The number of hydrogen-bond donors (Lipinski definition) is 2. The average molecular weight is 360 g/mol. The average Bonchev–Trinajstić information content (AvgIpc) is 3.08. The fourth-order valence-corrected chi connectivity index (χ4v) is 2.59. The quantitative estimate of drug-likeness (QED) is 0.519. The van der Waals surface area contributed by atoms with Crippen molar-refractivity contribution >= 4 is 40.9 Å². The van der Waals surface area contributed by atoms with Gasteiger partial charge in [-0.1, -0.05) is 12.7 Å². The second-order valence-electron chi connectivity index (χ2n) is 6.02. The molecule has 0 saturated heterocycles. The molecule has 0 saturated carbocycles. The Kier molecular flexibility index (Phi) is 5.12. The number of H-pyrrole nitrogens is 1. The third-order valence-corrected chi connectivity index (χ3v) is 3.88. The lowest BCUT2D eigenvalue weighted by Gasteiger charge is -2.07. The van der Waals surface area contributed by atoms with Crippen LogP contribution in [0.25, 0.3) is 16.6 Å². The van der Waals surface area contributed by atoms with Crippen LogP contribution in [-0.4, -0.2) is 46.6 Å². The van der Waals surface area contributed by atoms with Gasteiger partial charge < -0.3 is 15.2 Å². The van der Waals surface area contributed by atoms with E-state index in [1.165, 1.54) is 4.90 Å². The van der Waals surface area contributed by atoms with Crippen molar-refractivity contribution in [2.24, 2.45) is 4.99 Å². The van der Waals surface area contributed by atoms with Crippen molar-refractivity contribution < 1.29 is 4.79 Å². The number of fused-ring (bicyclic) bond motifs is 1. The van der Waals surface area contributed by atoms with Gasteiger partial charge in [-0.15, -0.1) is 0 Å². The number of aromatic nitrogens is 3. The lowest BCUT2D eigenvalue weighted by Crippen LogP contribution is -2.21. The monoisotopic (exact) mass is 360 g/mol. The van der Waals surface area contributed by atoms with Gasteiger partial charge in [0.1, 0.15) is 5.69 Å². The minimum Gasteiger partial charge on any atom is -0.351 e. The highest BCUT2D eigenvalue weighted by Crippen LogP contribution is 2.23. The van der Waals surface area contributed by atoms with Crippen molar-refractivity contribution in [1.82, 2.24) is 19.9 Å². The molecule has 0 aliphatic carbocycles. The molecule has 0 aliphatic heterocycles. The highest BCUT2D eigenvalue weighted by Gasteiger charge is 2.12. The Bertz CT molecular complexity index is 1050. The molecule has 2 heterocycles. The second-order valence-corrected chi connectivity index (χ2v) is 6.02. The van der Waals surface area contributed by atoms with Crippen LogP contribution in [0.2, 0.25) is 0 Å². The predicted molar refractivity (Wildman–Crippen MR) is 109 cm³/mol. The number of carbonyl (C=O) groups is 1. The smallest absolute Gasteiger partial charge is 0.269 e. The number of rotatable bonds is 6. The standard InChI is InChI=1S/C20H20N6O/c1-5-6-16(21-2)17-9-10-22-20(25-17)23-14-7-8-15-13(11-14)12-18(24-15)19(27)26(3)4/h5-12,24H,1-2H2,3-4H3,(H,22,23,25)/b16-6-. The zero-order chi connectivity index (χ0) is 19.4. The Morgan fingerprint density at radius 3 is 2.81 bits per heavy atom. The summed E-state index contributed by atoms with van der Waals surface area (Å²) in [4.78, 5) is 29.4. The van der Waals surface area contributed by atoms with E-state index in [-0.39, 0.29) is 5.91 Å². The molecule has 0 bridgehead atoms. The van der Waals surface area contributed by atoms with Crippen molar-refractivity contribution in [1.29, 1.82) is 0 Å². The van der Waals surface area contributed by atoms with Gasteiger partial charge >= 0.3 is 0 Å². The van der Waals surface area contributed by atoms with Gasteiger partial charge in [0.15, 0.2) is 0 Å². The molecule has 7 nitrogen and oxygen atoms in total. The minimum absolute atomic E-state index is 0.0739. The largest absolute Gasteiger partial charge is 0.351 e. The molecule has 0 spiro atoms. The number of carbonyl (C=O) groups excluding carboxylic acids is 1. The minimum atomic E-state index is -0.0739. The van der Waals surface area contributed by atoms with E-state index in [9.17, 15) is 4.79 Å². The fraction of sp³-hybridized carbons (Fsp3) is 0.100. The summed E-state index contributed by atoms with van der Waals surface area (Å²) in [5.74, 6) is 0.362. The molecule has 136 valence electrons. The molecule has 27 heavy (non-hydrogen) atoms. The van der Waals surface area contributed by atoms with E-state index in [2.05, 4.69) is 38.6 Å². The van der Waals surface area contributed by atoms with Crippen molar-refractivity contribution in [2.45, 2.75) is 0 Å². The molecule has 0 fully saturated rings. The molecule has 2 N–H and O–H groups in total. The van der Waals surface area contributed by atoms with E-state index < -0.39 is 0 Å². The number of aromatic amines is 1. The molecule has 2 aromatic heterocycles. The van der Waals surface area contributed by atoms with Crippen molar-refractivity contribution in [2.75, 3.05) is 19.4 Å². The topological polar surface area (TPSA) is 86.3 Å². The van der Waals surface area contributed by atoms with Crippen LogP contribution in [0.15, 0.2) is 60.3 Å². The molecule has 7 heteroatoms. The van der Waals surface area contributed by atoms with Crippen LogP contribution < -0.4 is 5.32 Å². The molecular weight excluding hydrogens is 340 g/mol. The molecule has 0 aliphatic rings. The third kappa shape index (κ3) is 3.92. The zero-order valence-electron chi connectivity index (χ0n) is 15.2. The van der Waals surface area contributed by atoms with Crippen LogP contribution in [0.1, 0.15) is 16.2 Å². The Labute approximate surface area is 157 Å². The SMILES string of the molecule is C=C/C=C(\N=C)c1ccnc(Nc2ccc3[nH]c(C(=O)N(C)C)cc3c2)n1. The number of nitrogens with zero attached hydrogens (tertiary/aromatic N) is 4. The molecule has 0 atom stereocenters. The fourth-order valence-electron chi connectivity index (χ4n) is 2.59. The molecule has 1 aromatic carbocycles. The maximum Gasteiger partial charge on any atom is 0.269 e. The number of hydrogen-bond acceptors (Lipinski definition) is 5. The van der Waals surface area contributed by atoms with E-state index >= 15 is 0 Å². The van der Waals surface area contributed by atoms with E-state index in [1.807, 2.05) is 24.3 Å². The highest BCUT2D eigenvalue weighted by atomic mass is 16.2. The van der Waals surface area contributed by atoms with E-state index in [4.69, 9.17) is 0 Å². The van der Waals surface area contributed by atoms with Crippen LogP contribution in [0.5, 0.6) is 0 Å². The lowest BCUT2D eigenvalue weighted by atomic mass is 10.2. The number of anilines is 2. The van der Waals surface area contributed by atoms with Gasteiger partial charge in [0.25, 0.3) is 5.91 Å². The first-order valence-electron chi connectivity index (χ1n) is 8.26. The Morgan fingerprint density at radius 1 is 1.30 bits per heavy atom. The van der Waals surface area contributed by atoms with Crippen LogP contribution in [0.4, 0.5) is 11.6 Å². The number of amides is 1. The Morgan fingerprint density at radius 2 is 2.11 bits per heavy atom. The molecule has 3 rings (SSSR count). The third-order valence-electron chi connectivity index (χ3n) is 3.88. The van der Waals surface area contributed by atoms with Gasteiger partial charge in [-0.3, -0.25) is 9.79 Å². The first kappa shape index (κ1) is 18.1. The van der Waals surface area contributed by atoms with Crippen molar-refractivity contribution in [3.8, 4) is 0 Å². The van der Waals surface area contributed by atoms with E-state index in [0.717, 1.165) is 16.6 Å². The van der Waals surface area contributed by atoms with Gasteiger partial charge in [-0.25, -0.2) is 9.97 Å². The summed E-state index contributed by atoms with van der Waals surface area (Å²) in [6.07, 6.45) is 5.01. The number of benzene rings is 1. The first-order chi connectivity index (χ1) is 13.0. The normalized spacial score (nSPS) is 11.3. The predicted octanol–water partition coefficient (Wildman–Crippen LogP) is 3.63. The van der Waals surface area contributed by atoms with Crippen LogP contribution in [0, 0.1) is 0 Å². The number of aliphatic imine (C=N–C) groups is 1. The van der Waals surface area contributed by atoms with Crippen molar-refractivity contribution in [3.05, 3.63) is 66.6 Å². The van der Waals surface area contributed by atoms with Crippen LogP contribution in [-0.2, 0) is 0 Å². The summed E-state index contributed by atoms with van der Waals surface area (Å²) in [6, 6.07) is 9.31. The van der Waals surface area contributed by atoms with Crippen LogP contribution >= 0.6 is 0 Å². The summed E-state index contributed by atoms with van der Waals surface area (Å²) in [6.45, 7) is 7.22. The second kappa shape index (κ2) is 7.65. The summed E-state index contributed by atoms with van der Waals surface area (Å²) in [7, 11) is 3.44. The summed E-state index contributed by atoms with van der Waals surface area (Å²) >= 11 is 0. The highest BCUT2D eigenvalue weighted by molar-refractivity contribution is 5.98. The summed E-state index contributed by atoms with van der Waals surface area (Å²) < 4.78 is 0. The van der Waals surface area contributed by atoms with E-state index in [0.29, 0.717) is 23.0 Å². The summed E-state index contributed by atoms with van der Waals surface area (Å²) in [5.41, 5.74) is 3.49. The molecule has 0 unspecified atom stereocenters. The van der Waals surface area contributed by atoms with Crippen LogP contribution in [0.3, 0.4) is 0 Å². The van der Waals surface area contributed by atoms with Gasteiger partial charge in [0.2, 0.25) is 5.95 Å². The van der Waals surface area contributed by atoms with Gasteiger partial charge in [-0.2, -0.15) is 0 Å². The van der Waals surface area contributed by atoms with Gasteiger partial charge in [-0.05, 0) is 43.1 Å². The molecule has 1 amide bonds. The summed E-state index contributed by atoms with van der Waals surface area (Å²) in [5, 5.41) is 4.09. The van der Waals surface area contributed by atoms with Gasteiger partial charge in [0, 0.05) is 36.9 Å². The Hall–Kier alpha value is -3.74. The Balaban J connectivity index is 1.88. The number of nitrogens with one attached hydrogen (secondary N) is 2. The van der Waals surface area contributed by atoms with Gasteiger partial charge in [0.05, 0.1) is 11.4 Å². The molecule has 3 aromatic rings. The molecular formula is C20H20N6O. The first-order valence-corrected chi connectivity index (χ1v) is 8.26. The lowest BCUT2D eigenvalue weighted by molar-refractivity contribution is 0.0823. The maximum atomic E-state index is 12.1. The maximum absolute atomic E-state index is 12.1. The van der Waals surface area contributed by atoms with E-state index in [1.54, 1.807) is 38.5 Å². The van der Waals surface area contributed by atoms with Crippen molar-refractivity contribution in [3.63, 3.8) is 0 Å². The number of allylic oxidation sites excluding steroid dienone is 2. The molecule has 0 radical (unpaired) electrons. The zero-order valence-corrected chi connectivity index (χ0v) is 15.2.